The largest absolute Gasteiger partial charge is 0.355 e. The Morgan fingerprint density at radius 2 is 2.15 bits per heavy atom. The third-order valence-electron chi connectivity index (χ3n) is 4.99. The molecule has 0 spiro atoms. The van der Waals surface area contributed by atoms with Gasteiger partial charge in [0, 0.05) is 62.9 Å². The molecule has 8 heteroatoms. The molecule has 2 aromatic rings. The molecule has 1 aliphatic heterocycles. The summed E-state index contributed by atoms with van der Waals surface area (Å²) >= 11 is 0. The molecular weight excluding hydrogens is 342 g/mol. The fourth-order valence-electron chi connectivity index (χ4n) is 3.45. The van der Waals surface area contributed by atoms with Crippen LogP contribution in [0.4, 0.5) is 5.82 Å². The van der Waals surface area contributed by atoms with Gasteiger partial charge in [-0.1, -0.05) is 0 Å². The first-order valence-corrected chi connectivity index (χ1v) is 9.40. The molecule has 0 bridgehead atoms. The predicted molar refractivity (Wildman–Crippen MR) is 105 cm³/mol. The Bertz CT molecular complexity index is 788. The second-order valence-electron chi connectivity index (χ2n) is 7.51. The third kappa shape index (κ3) is 4.44. The minimum Gasteiger partial charge on any atom is -0.355 e. The van der Waals surface area contributed by atoms with E-state index in [-0.39, 0.29) is 11.7 Å². The van der Waals surface area contributed by atoms with Crippen molar-refractivity contribution in [2.75, 3.05) is 32.1 Å². The van der Waals surface area contributed by atoms with E-state index in [2.05, 4.69) is 32.2 Å². The van der Waals surface area contributed by atoms with E-state index in [1.807, 2.05) is 30.8 Å². The number of nitrogens with zero attached hydrogens (tertiary/aromatic N) is 6. The Kier molecular flexibility index (Phi) is 5.74. The van der Waals surface area contributed by atoms with Gasteiger partial charge in [0.2, 0.25) is 5.82 Å². The highest BCUT2D eigenvalue weighted by molar-refractivity contribution is 5.90. The number of carbonyl (C=O) groups is 1. The summed E-state index contributed by atoms with van der Waals surface area (Å²) < 4.78 is 1.95. The van der Waals surface area contributed by atoms with Crippen molar-refractivity contribution < 1.29 is 4.79 Å². The smallest absolute Gasteiger partial charge is 0.291 e. The normalized spacial score (nSPS) is 18.0. The van der Waals surface area contributed by atoms with E-state index in [1.54, 1.807) is 20.3 Å². The molecule has 1 amide bonds. The summed E-state index contributed by atoms with van der Waals surface area (Å²) in [6.07, 6.45) is 4.83. The number of amides is 1. The molecule has 0 aromatic carbocycles. The van der Waals surface area contributed by atoms with Crippen LogP contribution in [0.1, 0.15) is 35.2 Å². The second kappa shape index (κ2) is 8.04. The molecule has 27 heavy (non-hydrogen) atoms. The highest BCUT2D eigenvalue weighted by atomic mass is 16.2. The minimum absolute atomic E-state index is 0.166. The monoisotopic (exact) mass is 371 g/mol. The minimum atomic E-state index is -0.166. The standard InChI is InChI=1S/C19H29N7O/c1-13(11-26-9-6-8-20-26)21-16-7-10-25(12-16)18-14(2)15(3)22-17(23-18)19(27)24(4)5/h6,8-9,13,16,21H,7,10-12H2,1-5H3/t13?,16-/m1/s1. The first-order valence-electron chi connectivity index (χ1n) is 9.40. The predicted octanol–water partition coefficient (Wildman–Crippen LogP) is 1.25. The van der Waals surface area contributed by atoms with Crippen LogP contribution in [-0.2, 0) is 6.54 Å². The summed E-state index contributed by atoms with van der Waals surface area (Å²) in [5, 5.41) is 7.95. The van der Waals surface area contributed by atoms with Gasteiger partial charge in [-0.15, -0.1) is 0 Å². The first kappa shape index (κ1) is 19.3. The van der Waals surface area contributed by atoms with Gasteiger partial charge >= 0.3 is 0 Å². The lowest BCUT2D eigenvalue weighted by atomic mass is 10.2. The summed E-state index contributed by atoms with van der Waals surface area (Å²) in [5.41, 5.74) is 1.89. The van der Waals surface area contributed by atoms with Gasteiger partial charge in [-0.2, -0.15) is 5.10 Å². The number of carbonyl (C=O) groups excluding carboxylic acids is 1. The van der Waals surface area contributed by atoms with Gasteiger partial charge < -0.3 is 15.1 Å². The lowest BCUT2D eigenvalue weighted by Crippen LogP contribution is -2.41. The van der Waals surface area contributed by atoms with Crippen molar-refractivity contribution in [1.82, 2.24) is 30.0 Å². The average Bonchev–Trinajstić information content (AvgIpc) is 3.28. The zero-order valence-electron chi connectivity index (χ0n) is 16.8. The van der Waals surface area contributed by atoms with Crippen molar-refractivity contribution in [1.29, 1.82) is 0 Å². The molecule has 2 atom stereocenters. The topological polar surface area (TPSA) is 79.2 Å². The summed E-state index contributed by atoms with van der Waals surface area (Å²) in [4.78, 5) is 25.0. The van der Waals surface area contributed by atoms with Gasteiger partial charge in [-0.05, 0) is 33.3 Å². The van der Waals surface area contributed by atoms with Crippen molar-refractivity contribution in [3.63, 3.8) is 0 Å². The van der Waals surface area contributed by atoms with E-state index in [0.717, 1.165) is 43.1 Å². The Morgan fingerprint density at radius 1 is 1.37 bits per heavy atom. The van der Waals surface area contributed by atoms with Crippen LogP contribution in [0.15, 0.2) is 18.5 Å². The Labute approximate surface area is 160 Å². The molecule has 1 N–H and O–H groups in total. The molecule has 1 saturated heterocycles. The van der Waals surface area contributed by atoms with Crippen LogP contribution in [0.5, 0.6) is 0 Å². The number of rotatable bonds is 6. The molecule has 2 aromatic heterocycles. The molecule has 3 rings (SSSR count). The quantitative estimate of drug-likeness (QED) is 0.823. The summed E-state index contributed by atoms with van der Waals surface area (Å²) in [6, 6.07) is 2.66. The van der Waals surface area contributed by atoms with Crippen molar-refractivity contribution in [3.8, 4) is 0 Å². The maximum atomic E-state index is 12.3. The van der Waals surface area contributed by atoms with Crippen LogP contribution in [0.2, 0.25) is 0 Å². The maximum absolute atomic E-state index is 12.3. The number of anilines is 1. The van der Waals surface area contributed by atoms with Crippen molar-refractivity contribution in [2.45, 2.75) is 45.8 Å². The van der Waals surface area contributed by atoms with Gasteiger partial charge in [0.15, 0.2) is 0 Å². The van der Waals surface area contributed by atoms with Crippen molar-refractivity contribution in [2.24, 2.45) is 0 Å². The van der Waals surface area contributed by atoms with E-state index < -0.39 is 0 Å². The number of aromatic nitrogens is 4. The van der Waals surface area contributed by atoms with Crippen LogP contribution >= 0.6 is 0 Å². The molecule has 3 heterocycles. The Balaban J connectivity index is 1.68. The molecule has 1 fully saturated rings. The summed E-state index contributed by atoms with van der Waals surface area (Å²) in [6.45, 7) is 8.77. The van der Waals surface area contributed by atoms with E-state index in [9.17, 15) is 4.79 Å². The van der Waals surface area contributed by atoms with E-state index in [1.165, 1.54) is 4.90 Å². The zero-order chi connectivity index (χ0) is 19.6. The van der Waals surface area contributed by atoms with E-state index in [4.69, 9.17) is 0 Å². The molecule has 146 valence electrons. The highest BCUT2D eigenvalue weighted by Crippen LogP contribution is 2.24. The van der Waals surface area contributed by atoms with Crippen LogP contribution in [0.25, 0.3) is 0 Å². The number of aryl methyl sites for hydroxylation is 1. The fourth-order valence-corrected chi connectivity index (χ4v) is 3.45. The Morgan fingerprint density at radius 3 is 2.81 bits per heavy atom. The lowest BCUT2D eigenvalue weighted by molar-refractivity contribution is 0.0815. The molecule has 0 radical (unpaired) electrons. The van der Waals surface area contributed by atoms with Crippen molar-refractivity contribution >= 4 is 11.7 Å². The zero-order valence-corrected chi connectivity index (χ0v) is 16.8. The van der Waals surface area contributed by atoms with Gasteiger partial charge in [0.05, 0.1) is 6.54 Å². The lowest BCUT2D eigenvalue weighted by Gasteiger charge is -2.23. The Hall–Kier alpha value is -2.48. The first-order chi connectivity index (χ1) is 12.8. The van der Waals surface area contributed by atoms with Crippen LogP contribution in [-0.4, -0.2) is 69.8 Å². The number of nitrogens with one attached hydrogen (secondary N) is 1. The SMILES string of the molecule is Cc1nc(C(=O)N(C)C)nc(N2CC[C@@H](NC(C)Cn3cccn3)C2)c1C. The molecule has 0 aliphatic carbocycles. The average molecular weight is 371 g/mol. The van der Waals surface area contributed by atoms with Gasteiger partial charge in [0.25, 0.3) is 5.91 Å². The van der Waals surface area contributed by atoms with Gasteiger partial charge in [-0.3, -0.25) is 9.48 Å². The highest BCUT2D eigenvalue weighted by Gasteiger charge is 2.27. The van der Waals surface area contributed by atoms with E-state index >= 15 is 0 Å². The molecule has 1 aliphatic rings. The fraction of sp³-hybridized carbons (Fsp3) is 0.579. The van der Waals surface area contributed by atoms with E-state index in [0.29, 0.717) is 12.1 Å². The number of hydrogen-bond donors (Lipinski definition) is 1. The van der Waals surface area contributed by atoms with Gasteiger partial charge in [0.1, 0.15) is 5.82 Å². The molecule has 0 saturated carbocycles. The van der Waals surface area contributed by atoms with Crippen LogP contribution in [0.3, 0.4) is 0 Å². The summed E-state index contributed by atoms with van der Waals surface area (Å²) in [5.74, 6) is 0.972. The molecular formula is C19H29N7O. The van der Waals surface area contributed by atoms with Crippen LogP contribution in [0, 0.1) is 13.8 Å². The number of hydrogen-bond acceptors (Lipinski definition) is 6. The molecule has 8 nitrogen and oxygen atoms in total. The third-order valence-corrected chi connectivity index (χ3v) is 4.99. The van der Waals surface area contributed by atoms with Crippen LogP contribution < -0.4 is 10.2 Å². The molecule has 1 unspecified atom stereocenters. The maximum Gasteiger partial charge on any atom is 0.291 e. The van der Waals surface area contributed by atoms with Crippen molar-refractivity contribution in [3.05, 3.63) is 35.5 Å². The summed E-state index contributed by atoms with van der Waals surface area (Å²) in [7, 11) is 3.44. The second-order valence-corrected chi connectivity index (χ2v) is 7.51. The van der Waals surface area contributed by atoms with Gasteiger partial charge in [-0.25, -0.2) is 9.97 Å².